The fraction of sp³-hybridized carbons (Fsp3) is 0.105. The summed E-state index contributed by atoms with van der Waals surface area (Å²) >= 11 is 0. The monoisotopic (exact) mass is 371 g/mol. The minimum absolute atomic E-state index is 0.00577. The average molecular weight is 371 g/mol. The summed E-state index contributed by atoms with van der Waals surface area (Å²) in [4.78, 5) is 4.17. The van der Waals surface area contributed by atoms with Gasteiger partial charge in [0.15, 0.2) is 5.82 Å². The third-order valence-corrected chi connectivity index (χ3v) is 5.17. The SMILES string of the molecule is CCc1cccc(Nc2ncccc2S(=O)(=O)Nc2ccc(F)cc2)c1. The van der Waals surface area contributed by atoms with Crippen LogP contribution in [0.2, 0.25) is 0 Å². The van der Waals surface area contributed by atoms with Crippen molar-refractivity contribution in [2.24, 2.45) is 0 Å². The zero-order chi connectivity index (χ0) is 18.6. The molecule has 1 aromatic heterocycles. The van der Waals surface area contributed by atoms with E-state index in [0.29, 0.717) is 0 Å². The third kappa shape index (κ3) is 4.18. The molecule has 26 heavy (non-hydrogen) atoms. The van der Waals surface area contributed by atoms with Crippen molar-refractivity contribution < 1.29 is 12.8 Å². The minimum atomic E-state index is -3.89. The van der Waals surface area contributed by atoms with Crippen LogP contribution >= 0.6 is 0 Å². The molecule has 2 aromatic carbocycles. The van der Waals surface area contributed by atoms with E-state index in [1.54, 1.807) is 6.07 Å². The highest BCUT2D eigenvalue weighted by molar-refractivity contribution is 7.92. The van der Waals surface area contributed by atoms with E-state index in [1.807, 2.05) is 31.2 Å². The Kier molecular flexibility index (Phi) is 5.18. The van der Waals surface area contributed by atoms with Gasteiger partial charge in [-0.3, -0.25) is 4.72 Å². The predicted molar refractivity (Wildman–Crippen MR) is 101 cm³/mol. The lowest BCUT2D eigenvalue weighted by Gasteiger charge is -2.13. The molecule has 1 heterocycles. The Morgan fingerprint density at radius 1 is 1.00 bits per heavy atom. The maximum atomic E-state index is 13.0. The maximum Gasteiger partial charge on any atom is 0.265 e. The number of benzene rings is 2. The van der Waals surface area contributed by atoms with E-state index in [2.05, 4.69) is 15.0 Å². The summed E-state index contributed by atoms with van der Waals surface area (Å²) in [6, 6.07) is 15.8. The number of nitrogens with zero attached hydrogens (tertiary/aromatic N) is 1. The average Bonchev–Trinajstić information content (AvgIpc) is 2.64. The van der Waals surface area contributed by atoms with E-state index in [4.69, 9.17) is 0 Å². The highest BCUT2D eigenvalue weighted by Gasteiger charge is 2.20. The molecule has 0 aliphatic carbocycles. The summed E-state index contributed by atoms with van der Waals surface area (Å²) in [5.41, 5.74) is 2.15. The quantitative estimate of drug-likeness (QED) is 0.677. The molecule has 5 nitrogen and oxygen atoms in total. The van der Waals surface area contributed by atoms with Crippen LogP contribution in [0.15, 0.2) is 71.8 Å². The second kappa shape index (κ2) is 7.53. The molecule has 0 aliphatic heterocycles. The smallest absolute Gasteiger partial charge is 0.265 e. The number of anilines is 3. The molecule has 3 aromatic rings. The van der Waals surface area contributed by atoms with Crippen molar-refractivity contribution >= 4 is 27.2 Å². The summed E-state index contributed by atoms with van der Waals surface area (Å²) in [6.07, 6.45) is 2.39. The van der Waals surface area contributed by atoms with Crippen LogP contribution in [0.4, 0.5) is 21.6 Å². The summed E-state index contributed by atoms with van der Waals surface area (Å²) < 4.78 is 40.9. The molecule has 0 saturated heterocycles. The first-order valence-corrected chi connectivity index (χ1v) is 9.55. The molecule has 7 heteroatoms. The lowest BCUT2D eigenvalue weighted by molar-refractivity contribution is 0.601. The number of halogens is 1. The van der Waals surface area contributed by atoms with Crippen molar-refractivity contribution in [3.63, 3.8) is 0 Å². The van der Waals surface area contributed by atoms with E-state index in [0.717, 1.165) is 17.7 Å². The molecule has 2 N–H and O–H groups in total. The van der Waals surface area contributed by atoms with Crippen molar-refractivity contribution in [1.82, 2.24) is 4.98 Å². The molecule has 0 radical (unpaired) electrons. The third-order valence-electron chi connectivity index (χ3n) is 3.75. The van der Waals surface area contributed by atoms with Gasteiger partial charge in [-0.25, -0.2) is 17.8 Å². The topological polar surface area (TPSA) is 71.1 Å². The van der Waals surface area contributed by atoms with E-state index in [9.17, 15) is 12.8 Å². The zero-order valence-electron chi connectivity index (χ0n) is 14.1. The zero-order valence-corrected chi connectivity index (χ0v) is 14.9. The fourth-order valence-corrected chi connectivity index (χ4v) is 3.61. The summed E-state index contributed by atoms with van der Waals surface area (Å²) in [5, 5.41) is 3.06. The molecule has 0 spiro atoms. The van der Waals surface area contributed by atoms with E-state index in [-0.39, 0.29) is 16.4 Å². The second-order valence-corrected chi connectivity index (χ2v) is 7.29. The maximum absolute atomic E-state index is 13.0. The van der Waals surface area contributed by atoms with Crippen molar-refractivity contribution in [3.8, 4) is 0 Å². The number of nitrogens with one attached hydrogen (secondary N) is 2. The van der Waals surface area contributed by atoms with Crippen LogP contribution in [0.25, 0.3) is 0 Å². The number of rotatable bonds is 6. The van der Waals surface area contributed by atoms with Gasteiger partial charge in [-0.1, -0.05) is 19.1 Å². The van der Waals surface area contributed by atoms with Crippen molar-refractivity contribution in [2.75, 3.05) is 10.0 Å². The number of hydrogen-bond donors (Lipinski definition) is 2. The first-order chi connectivity index (χ1) is 12.5. The van der Waals surface area contributed by atoms with Crippen LogP contribution in [0.3, 0.4) is 0 Å². The van der Waals surface area contributed by atoms with Crippen molar-refractivity contribution in [3.05, 3.63) is 78.2 Å². The van der Waals surface area contributed by atoms with Gasteiger partial charge in [-0.2, -0.15) is 0 Å². The Hall–Kier alpha value is -2.93. The molecular weight excluding hydrogens is 353 g/mol. The molecule has 0 bridgehead atoms. The van der Waals surface area contributed by atoms with Gasteiger partial charge in [0.2, 0.25) is 0 Å². The Labute approximate surface area is 152 Å². The van der Waals surface area contributed by atoms with Crippen molar-refractivity contribution in [2.45, 2.75) is 18.2 Å². The number of aryl methyl sites for hydroxylation is 1. The van der Waals surface area contributed by atoms with Crippen LogP contribution < -0.4 is 10.0 Å². The molecule has 3 rings (SSSR count). The molecule has 0 fully saturated rings. The lowest BCUT2D eigenvalue weighted by atomic mass is 10.1. The Morgan fingerprint density at radius 3 is 2.50 bits per heavy atom. The highest BCUT2D eigenvalue weighted by atomic mass is 32.2. The number of hydrogen-bond acceptors (Lipinski definition) is 4. The highest BCUT2D eigenvalue weighted by Crippen LogP contribution is 2.25. The summed E-state index contributed by atoms with van der Waals surface area (Å²) in [7, 11) is -3.89. The van der Waals surface area contributed by atoms with Crippen molar-refractivity contribution in [1.29, 1.82) is 0 Å². The van der Waals surface area contributed by atoms with Gasteiger partial charge in [-0.05, 0) is 60.5 Å². The molecule has 0 amide bonds. The van der Waals surface area contributed by atoms with Gasteiger partial charge in [0, 0.05) is 17.6 Å². The molecule has 0 saturated carbocycles. The summed E-state index contributed by atoms with van der Waals surface area (Å²) in [5.74, 6) is -0.220. The predicted octanol–water partition coefficient (Wildman–Crippen LogP) is 4.33. The Bertz CT molecular complexity index is 1010. The standard InChI is InChI=1S/C19H18FN3O2S/c1-2-14-5-3-6-17(13-14)22-19-18(7-4-12-21-19)26(24,25)23-16-10-8-15(20)9-11-16/h3-13,23H,2H2,1H3,(H,21,22). The lowest BCUT2D eigenvalue weighted by Crippen LogP contribution is -2.15. The first kappa shape index (κ1) is 17.9. The Balaban J connectivity index is 1.91. The first-order valence-electron chi connectivity index (χ1n) is 8.07. The van der Waals surface area contributed by atoms with Crippen LogP contribution in [0.1, 0.15) is 12.5 Å². The minimum Gasteiger partial charge on any atom is -0.339 e. The molecule has 134 valence electrons. The molecular formula is C19H18FN3O2S. The van der Waals surface area contributed by atoms with Crippen LogP contribution in [0, 0.1) is 5.82 Å². The van der Waals surface area contributed by atoms with Crippen LogP contribution in [-0.4, -0.2) is 13.4 Å². The summed E-state index contributed by atoms with van der Waals surface area (Å²) in [6.45, 7) is 2.04. The number of sulfonamides is 1. The van der Waals surface area contributed by atoms with Crippen LogP contribution in [0.5, 0.6) is 0 Å². The van der Waals surface area contributed by atoms with Gasteiger partial charge in [-0.15, -0.1) is 0 Å². The van der Waals surface area contributed by atoms with E-state index < -0.39 is 15.8 Å². The Morgan fingerprint density at radius 2 is 1.77 bits per heavy atom. The molecule has 0 atom stereocenters. The van der Waals surface area contributed by atoms with Gasteiger partial charge in [0.1, 0.15) is 10.7 Å². The largest absolute Gasteiger partial charge is 0.339 e. The normalized spacial score (nSPS) is 11.2. The fourth-order valence-electron chi connectivity index (χ4n) is 2.44. The van der Waals surface area contributed by atoms with E-state index in [1.165, 1.54) is 36.5 Å². The van der Waals surface area contributed by atoms with Gasteiger partial charge >= 0.3 is 0 Å². The van der Waals surface area contributed by atoms with Gasteiger partial charge < -0.3 is 5.32 Å². The molecule has 0 aliphatic rings. The second-order valence-electron chi connectivity index (χ2n) is 5.64. The number of aromatic nitrogens is 1. The van der Waals surface area contributed by atoms with Gasteiger partial charge in [0.25, 0.3) is 10.0 Å². The molecule has 0 unspecified atom stereocenters. The van der Waals surface area contributed by atoms with Crippen LogP contribution in [-0.2, 0) is 16.4 Å². The number of pyridine rings is 1. The van der Waals surface area contributed by atoms with E-state index >= 15 is 0 Å². The van der Waals surface area contributed by atoms with Gasteiger partial charge in [0.05, 0.1) is 0 Å².